The number of anilines is 2. The molecule has 1 amide bonds. The molecule has 0 atom stereocenters. The molecule has 0 bridgehead atoms. The monoisotopic (exact) mass is 454 g/mol. The lowest BCUT2D eigenvalue weighted by molar-refractivity contribution is -0.114. The largest absolute Gasteiger partial charge is 0.490 e. The van der Waals surface area contributed by atoms with Gasteiger partial charge in [-0.3, -0.25) is 4.79 Å². The fraction of sp³-hybridized carbons (Fsp3) is 0.107. The van der Waals surface area contributed by atoms with E-state index in [4.69, 9.17) is 14.2 Å². The Kier molecular flexibility index (Phi) is 8.00. The van der Waals surface area contributed by atoms with Gasteiger partial charge in [-0.05, 0) is 72.8 Å². The minimum atomic E-state index is -0.144. The van der Waals surface area contributed by atoms with Crippen molar-refractivity contribution in [2.75, 3.05) is 30.4 Å². The van der Waals surface area contributed by atoms with E-state index in [0.29, 0.717) is 24.7 Å². The molecule has 0 fully saturated rings. The van der Waals surface area contributed by atoms with E-state index in [9.17, 15) is 4.79 Å². The van der Waals surface area contributed by atoms with Crippen LogP contribution in [0.15, 0.2) is 109 Å². The highest BCUT2D eigenvalue weighted by Crippen LogP contribution is 2.22. The molecular formula is C28H26N2O4. The van der Waals surface area contributed by atoms with Crippen LogP contribution < -0.4 is 24.8 Å². The molecular weight excluding hydrogens is 428 g/mol. The van der Waals surface area contributed by atoms with Gasteiger partial charge in [0.15, 0.2) is 0 Å². The van der Waals surface area contributed by atoms with Crippen LogP contribution in [0.4, 0.5) is 11.4 Å². The van der Waals surface area contributed by atoms with Crippen LogP contribution in [0, 0.1) is 0 Å². The lowest BCUT2D eigenvalue weighted by atomic mass is 10.3. The molecule has 6 nitrogen and oxygen atoms in total. The van der Waals surface area contributed by atoms with E-state index in [1.54, 1.807) is 12.1 Å². The Labute approximate surface area is 199 Å². The van der Waals surface area contributed by atoms with E-state index in [1.807, 2.05) is 97.1 Å². The molecule has 0 spiro atoms. The summed E-state index contributed by atoms with van der Waals surface area (Å²) in [5, 5.41) is 5.97. The van der Waals surface area contributed by atoms with E-state index in [1.165, 1.54) is 0 Å². The van der Waals surface area contributed by atoms with Gasteiger partial charge in [0.1, 0.15) is 36.2 Å². The number of ether oxygens (including phenoxy) is 3. The molecule has 0 radical (unpaired) electrons. The summed E-state index contributed by atoms with van der Waals surface area (Å²) in [5.74, 6) is 2.89. The molecule has 6 heteroatoms. The molecule has 0 heterocycles. The Balaban J connectivity index is 1.16. The topological polar surface area (TPSA) is 68.8 Å². The molecule has 172 valence electrons. The Morgan fingerprint density at radius 1 is 0.559 bits per heavy atom. The average Bonchev–Trinajstić information content (AvgIpc) is 2.88. The summed E-state index contributed by atoms with van der Waals surface area (Å²) in [6.45, 7) is 1.03. The number of nitrogens with one attached hydrogen (secondary N) is 2. The van der Waals surface area contributed by atoms with Crippen molar-refractivity contribution in [1.82, 2.24) is 0 Å². The Morgan fingerprint density at radius 3 is 1.65 bits per heavy atom. The molecule has 4 aromatic carbocycles. The van der Waals surface area contributed by atoms with Crippen LogP contribution >= 0.6 is 0 Å². The Morgan fingerprint density at radius 2 is 1.03 bits per heavy atom. The van der Waals surface area contributed by atoms with E-state index in [-0.39, 0.29) is 12.5 Å². The smallest absolute Gasteiger partial charge is 0.243 e. The minimum absolute atomic E-state index is 0.144. The number of carbonyl (C=O) groups excluding carboxylic acids is 1. The molecule has 4 rings (SSSR count). The lowest BCUT2D eigenvalue weighted by Gasteiger charge is -2.11. The van der Waals surface area contributed by atoms with Crippen molar-refractivity contribution in [2.45, 2.75) is 0 Å². The van der Waals surface area contributed by atoms with Crippen molar-refractivity contribution >= 4 is 17.3 Å². The van der Waals surface area contributed by atoms with Gasteiger partial charge in [-0.2, -0.15) is 0 Å². The maximum absolute atomic E-state index is 12.3. The van der Waals surface area contributed by atoms with Gasteiger partial charge in [0.05, 0.1) is 6.54 Å². The van der Waals surface area contributed by atoms with E-state index >= 15 is 0 Å². The highest BCUT2D eigenvalue weighted by atomic mass is 16.5. The van der Waals surface area contributed by atoms with E-state index in [2.05, 4.69) is 10.6 Å². The fourth-order valence-corrected chi connectivity index (χ4v) is 3.12. The zero-order valence-corrected chi connectivity index (χ0v) is 18.6. The zero-order valence-electron chi connectivity index (χ0n) is 18.6. The predicted octanol–water partition coefficient (Wildman–Crippen LogP) is 5.99. The van der Waals surface area contributed by atoms with Crippen LogP contribution in [0.5, 0.6) is 23.0 Å². The van der Waals surface area contributed by atoms with Gasteiger partial charge in [-0.1, -0.05) is 36.4 Å². The SMILES string of the molecule is O=C(CNc1ccc(Oc2ccccc2)cc1)Nc1ccc(OCCOc2ccccc2)cc1. The first-order valence-electron chi connectivity index (χ1n) is 11.0. The highest BCUT2D eigenvalue weighted by molar-refractivity contribution is 5.93. The van der Waals surface area contributed by atoms with Crippen molar-refractivity contribution in [3.8, 4) is 23.0 Å². The van der Waals surface area contributed by atoms with Crippen molar-refractivity contribution in [1.29, 1.82) is 0 Å². The number of hydrogen-bond acceptors (Lipinski definition) is 5. The summed E-state index contributed by atoms with van der Waals surface area (Å²) < 4.78 is 17.1. The molecule has 0 aromatic heterocycles. The quantitative estimate of drug-likeness (QED) is 0.273. The van der Waals surface area contributed by atoms with Crippen LogP contribution in [-0.4, -0.2) is 25.7 Å². The first kappa shape index (κ1) is 22.7. The molecule has 0 unspecified atom stereocenters. The maximum atomic E-state index is 12.3. The summed E-state index contributed by atoms with van der Waals surface area (Å²) in [6, 6.07) is 33.9. The molecule has 0 saturated carbocycles. The number of carbonyl (C=O) groups is 1. The van der Waals surface area contributed by atoms with Gasteiger partial charge in [0.25, 0.3) is 0 Å². The Hall–Kier alpha value is -4.45. The first-order chi connectivity index (χ1) is 16.7. The summed E-state index contributed by atoms with van der Waals surface area (Å²) in [4.78, 5) is 12.3. The molecule has 34 heavy (non-hydrogen) atoms. The van der Waals surface area contributed by atoms with Crippen LogP contribution in [0.3, 0.4) is 0 Å². The maximum Gasteiger partial charge on any atom is 0.243 e. The van der Waals surface area contributed by atoms with Crippen molar-refractivity contribution in [3.63, 3.8) is 0 Å². The summed E-state index contributed by atoms with van der Waals surface area (Å²) >= 11 is 0. The van der Waals surface area contributed by atoms with Crippen LogP contribution in [-0.2, 0) is 4.79 Å². The van der Waals surface area contributed by atoms with Gasteiger partial charge < -0.3 is 24.8 Å². The van der Waals surface area contributed by atoms with Crippen LogP contribution in [0.25, 0.3) is 0 Å². The van der Waals surface area contributed by atoms with Gasteiger partial charge in [-0.15, -0.1) is 0 Å². The van der Waals surface area contributed by atoms with E-state index < -0.39 is 0 Å². The standard InChI is InChI=1S/C28H26N2O4/c31-28(21-29-22-11-17-27(18-12-22)34-26-9-5-2-6-10-26)30-23-13-15-25(16-14-23)33-20-19-32-24-7-3-1-4-8-24/h1-18,29H,19-21H2,(H,30,31). The highest BCUT2D eigenvalue weighted by Gasteiger charge is 2.04. The predicted molar refractivity (Wildman–Crippen MR) is 134 cm³/mol. The number of amides is 1. The number of para-hydroxylation sites is 2. The van der Waals surface area contributed by atoms with Crippen molar-refractivity contribution in [2.24, 2.45) is 0 Å². The third-order valence-corrected chi connectivity index (χ3v) is 4.79. The van der Waals surface area contributed by atoms with Gasteiger partial charge in [-0.25, -0.2) is 0 Å². The minimum Gasteiger partial charge on any atom is -0.490 e. The third-order valence-electron chi connectivity index (χ3n) is 4.79. The second kappa shape index (κ2) is 12.0. The van der Waals surface area contributed by atoms with Crippen LogP contribution in [0.2, 0.25) is 0 Å². The third kappa shape index (κ3) is 7.31. The first-order valence-corrected chi connectivity index (χ1v) is 11.0. The Bertz CT molecular complexity index is 1150. The van der Waals surface area contributed by atoms with Crippen LogP contribution in [0.1, 0.15) is 0 Å². The normalized spacial score (nSPS) is 10.2. The number of rotatable bonds is 11. The van der Waals surface area contributed by atoms with Gasteiger partial charge in [0, 0.05) is 11.4 Å². The zero-order chi connectivity index (χ0) is 23.4. The number of hydrogen-bond donors (Lipinski definition) is 2. The summed E-state index contributed by atoms with van der Waals surface area (Å²) in [7, 11) is 0. The molecule has 0 saturated heterocycles. The summed E-state index contributed by atoms with van der Waals surface area (Å²) in [6.07, 6.45) is 0. The fourth-order valence-electron chi connectivity index (χ4n) is 3.12. The second-order valence-corrected chi connectivity index (χ2v) is 7.38. The van der Waals surface area contributed by atoms with Crippen molar-refractivity contribution < 1.29 is 19.0 Å². The van der Waals surface area contributed by atoms with Gasteiger partial charge >= 0.3 is 0 Å². The lowest BCUT2D eigenvalue weighted by Crippen LogP contribution is -2.21. The van der Waals surface area contributed by atoms with Gasteiger partial charge in [0.2, 0.25) is 5.91 Å². The van der Waals surface area contributed by atoms with Crippen molar-refractivity contribution in [3.05, 3.63) is 109 Å². The molecule has 0 aliphatic rings. The number of benzene rings is 4. The molecule has 0 aliphatic heterocycles. The second-order valence-electron chi connectivity index (χ2n) is 7.38. The van der Waals surface area contributed by atoms with E-state index in [0.717, 1.165) is 22.9 Å². The average molecular weight is 455 g/mol. The molecule has 4 aromatic rings. The summed E-state index contributed by atoms with van der Waals surface area (Å²) in [5.41, 5.74) is 1.53. The molecule has 0 aliphatic carbocycles. The molecule has 2 N–H and O–H groups in total.